The number of anilines is 1. The highest BCUT2D eigenvalue weighted by Crippen LogP contribution is 2.27. The summed E-state index contributed by atoms with van der Waals surface area (Å²) in [6.45, 7) is 7.75. The van der Waals surface area contributed by atoms with E-state index in [1.54, 1.807) is 35.9 Å². The highest BCUT2D eigenvalue weighted by Gasteiger charge is 2.26. The molecule has 0 amide bonds. The van der Waals surface area contributed by atoms with Gasteiger partial charge in [0.15, 0.2) is 11.5 Å². The summed E-state index contributed by atoms with van der Waals surface area (Å²) in [5.74, 6) is 2.87. The monoisotopic (exact) mass is 474 g/mol. The Morgan fingerprint density at radius 3 is 2.61 bits per heavy atom. The van der Waals surface area contributed by atoms with Gasteiger partial charge in [-0.15, -0.1) is 5.54 Å². The van der Waals surface area contributed by atoms with Crippen LogP contribution in [0.25, 0.3) is 16.9 Å². The van der Waals surface area contributed by atoms with Crippen LogP contribution in [0, 0.1) is 18.4 Å². The molecule has 0 aliphatic heterocycles. The van der Waals surface area contributed by atoms with Gasteiger partial charge in [0.05, 0.1) is 31.0 Å². The third kappa shape index (κ3) is 6.13. The zero-order valence-electron chi connectivity index (χ0n) is 19.1. The summed E-state index contributed by atoms with van der Waals surface area (Å²) in [5.41, 5.74) is 6.71. The van der Waals surface area contributed by atoms with Crippen molar-refractivity contribution in [3.8, 4) is 22.7 Å². The minimum Gasteiger partial charge on any atom is -0.465 e. The van der Waals surface area contributed by atoms with Gasteiger partial charge in [-0.1, -0.05) is 31.6 Å². The summed E-state index contributed by atoms with van der Waals surface area (Å²) in [4.78, 5) is 20.7. The number of nitrogens with one attached hydrogen (secondary N) is 1. The summed E-state index contributed by atoms with van der Waals surface area (Å²) >= 11 is 0. The number of alkyl halides is 3. The van der Waals surface area contributed by atoms with Gasteiger partial charge in [-0.2, -0.15) is 13.2 Å². The first-order valence-electron chi connectivity index (χ1n) is 10.3. The minimum absolute atomic E-state index is 0.232. The van der Waals surface area contributed by atoms with Crippen LogP contribution in [0.1, 0.15) is 28.0 Å². The molecule has 0 unspecified atom stereocenters. The van der Waals surface area contributed by atoms with Crippen molar-refractivity contribution in [2.24, 2.45) is 0 Å². The van der Waals surface area contributed by atoms with Crippen LogP contribution in [0.2, 0.25) is 19.6 Å². The zero-order valence-corrected chi connectivity index (χ0v) is 20.1. The molecular weight excluding hydrogens is 449 g/mol. The fourth-order valence-corrected chi connectivity index (χ4v) is 3.62. The molecule has 0 saturated carbocycles. The average Bonchev–Trinajstić information content (AvgIpc) is 3.14. The fourth-order valence-electron chi connectivity index (χ4n) is 3.12. The Morgan fingerprint density at radius 2 is 2.00 bits per heavy atom. The molecule has 2 aromatic heterocycles. The lowest BCUT2D eigenvalue weighted by atomic mass is 10.0. The second-order valence-corrected chi connectivity index (χ2v) is 13.4. The first-order valence-corrected chi connectivity index (χ1v) is 13.8. The van der Waals surface area contributed by atoms with Crippen LogP contribution in [0.15, 0.2) is 30.6 Å². The number of imidazole rings is 1. The Kier molecular flexibility index (Phi) is 6.83. The third-order valence-electron chi connectivity index (χ3n) is 4.69. The summed E-state index contributed by atoms with van der Waals surface area (Å²) < 4.78 is 44.5. The Bertz CT molecular complexity index is 1250. The van der Waals surface area contributed by atoms with Crippen molar-refractivity contribution in [1.82, 2.24) is 14.4 Å². The third-order valence-corrected chi connectivity index (χ3v) is 5.56. The van der Waals surface area contributed by atoms with Crippen molar-refractivity contribution >= 4 is 25.5 Å². The van der Waals surface area contributed by atoms with Gasteiger partial charge in [0.1, 0.15) is 13.8 Å². The zero-order chi connectivity index (χ0) is 24.4. The van der Waals surface area contributed by atoms with Crippen molar-refractivity contribution < 1.29 is 22.7 Å². The quantitative estimate of drug-likeness (QED) is 0.317. The number of ether oxygens (including phenoxy) is 1. The number of carbonyl (C=O) groups excluding carboxylic acids is 1. The summed E-state index contributed by atoms with van der Waals surface area (Å²) in [5, 5.41) is 2.76. The molecule has 0 atom stereocenters. The molecule has 0 radical (unpaired) electrons. The van der Waals surface area contributed by atoms with E-state index >= 15 is 0 Å². The lowest BCUT2D eigenvalue weighted by molar-refractivity contribution is -0.131. The van der Waals surface area contributed by atoms with E-state index in [1.165, 1.54) is 7.11 Å². The number of nitrogens with zero attached hydrogens (tertiary/aromatic N) is 3. The molecule has 3 aromatic rings. The molecule has 0 fully saturated rings. The van der Waals surface area contributed by atoms with Gasteiger partial charge in [0, 0.05) is 18.3 Å². The number of esters is 1. The van der Waals surface area contributed by atoms with Gasteiger partial charge in [0.25, 0.3) is 0 Å². The number of hydrogen-bond donors (Lipinski definition) is 1. The molecule has 33 heavy (non-hydrogen) atoms. The first-order chi connectivity index (χ1) is 15.4. The number of hydrogen-bond acceptors (Lipinski definition) is 5. The number of fused-ring (bicyclic) bond motifs is 1. The smallest absolute Gasteiger partial charge is 0.390 e. The standard InChI is InChI=1S/C23H25F3N4O2Si/c1-15-12-16(6-7-18(15)22(31)32-2)19-13-28-21-20(27-10-9-23(24,25)26)29-17(14-30(19)21)8-11-33(3,4)5/h6-7,12-14H,9-10H2,1-5H3,(H,27,29). The van der Waals surface area contributed by atoms with Crippen molar-refractivity contribution in [2.45, 2.75) is 39.2 Å². The van der Waals surface area contributed by atoms with E-state index in [0.29, 0.717) is 22.6 Å². The molecule has 10 heteroatoms. The maximum Gasteiger partial charge on any atom is 0.390 e. The lowest BCUT2D eigenvalue weighted by Crippen LogP contribution is -2.17. The van der Waals surface area contributed by atoms with Crippen LogP contribution >= 0.6 is 0 Å². The second kappa shape index (κ2) is 9.27. The van der Waals surface area contributed by atoms with Gasteiger partial charge < -0.3 is 10.1 Å². The Morgan fingerprint density at radius 1 is 1.27 bits per heavy atom. The van der Waals surface area contributed by atoms with Crippen LogP contribution in [-0.4, -0.2) is 48.2 Å². The van der Waals surface area contributed by atoms with E-state index in [4.69, 9.17) is 4.74 Å². The molecule has 6 nitrogen and oxygen atoms in total. The van der Waals surface area contributed by atoms with Crippen LogP contribution in [0.3, 0.4) is 0 Å². The van der Waals surface area contributed by atoms with Crippen molar-refractivity contribution in [3.63, 3.8) is 0 Å². The van der Waals surface area contributed by atoms with Crippen LogP contribution < -0.4 is 5.32 Å². The van der Waals surface area contributed by atoms with Crippen LogP contribution in [0.5, 0.6) is 0 Å². The first kappa shape index (κ1) is 24.3. The molecule has 3 rings (SSSR count). The largest absolute Gasteiger partial charge is 0.465 e. The number of benzene rings is 1. The number of rotatable bonds is 5. The van der Waals surface area contributed by atoms with Gasteiger partial charge in [-0.3, -0.25) is 4.40 Å². The Balaban J connectivity index is 2.10. The molecule has 2 heterocycles. The summed E-state index contributed by atoms with van der Waals surface area (Å²) in [6, 6.07) is 5.28. The topological polar surface area (TPSA) is 68.5 Å². The summed E-state index contributed by atoms with van der Waals surface area (Å²) in [6.07, 6.45) is -1.93. The summed E-state index contributed by atoms with van der Waals surface area (Å²) in [7, 11) is -0.381. The van der Waals surface area contributed by atoms with Crippen molar-refractivity contribution in [3.05, 3.63) is 47.4 Å². The van der Waals surface area contributed by atoms with Crippen LogP contribution in [0.4, 0.5) is 19.0 Å². The lowest BCUT2D eigenvalue weighted by Gasteiger charge is -2.11. The predicted molar refractivity (Wildman–Crippen MR) is 124 cm³/mol. The molecule has 0 aliphatic rings. The van der Waals surface area contributed by atoms with Gasteiger partial charge in [-0.05, 0) is 24.6 Å². The predicted octanol–water partition coefficient (Wildman–Crippen LogP) is 5.08. The molecule has 1 N–H and O–H groups in total. The maximum atomic E-state index is 12.6. The SMILES string of the molecule is COC(=O)c1ccc(-c2cnc3c(NCCC(F)(F)F)nc(C#C[Si](C)(C)C)cn23)cc1C. The minimum atomic E-state index is -4.28. The number of aryl methyl sites for hydroxylation is 1. The van der Waals surface area contributed by atoms with E-state index in [2.05, 4.69) is 46.4 Å². The molecular formula is C23H25F3N4O2Si. The van der Waals surface area contributed by atoms with Crippen molar-refractivity contribution in [2.75, 3.05) is 19.0 Å². The Hall–Kier alpha value is -3.32. The van der Waals surface area contributed by atoms with E-state index in [-0.39, 0.29) is 12.4 Å². The highest BCUT2D eigenvalue weighted by atomic mass is 28.3. The number of aromatic nitrogens is 3. The van der Waals surface area contributed by atoms with Gasteiger partial charge in [-0.25, -0.2) is 14.8 Å². The maximum absolute atomic E-state index is 12.6. The number of carbonyl (C=O) groups is 1. The molecule has 1 aromatic carbocycles. The Labute approximate surface area is 191 Å². The molecule has 0 bridgehead atoms. The van der Waals surface area contributed by atoms with Crippen LogP contribution in [-0.2, 0) is 4.74 Å². The van der Waals surface area contributed by atoms with Gasteiger partial charge in [0.2, 0.25) is 0 Å². The van der Waals surface area contributed by atoms with Gasteiger partial charge >= 0.3 is 12.1 Å². The number of methoxy groups -OCH3 is 1. The molecule has 174 valence electrons. The second-order valence-electron chi connectivity index (χ2n) is 8.63. The number of halogens is 3. The van der Waals surface area contributed by atoms with Crippen molar-refractivity contribution in [1.29, 1.82) is 0 Å². The van der Waals surface area contributed by atoms with E-state index in [0.717, 1.165) is 11.1 Å². The van der Waals surface area contributed by atoms with E-state index in [1.807, 2.05) is 6.07 Å². The fraction of sp³-hybridized carbons (Fsp3) is 0.348. The molecule has 0 spiro atoms. The highest BCUT2D eigenvalue weighted by molar-refractivity contribution is 6.83. The average molecular weight is 475 g/mol. The molecule has 0 aliphatic carbocycles. The van der Waals surface area contributed by atoms with E-state index in [9.17, 15) is 18.0 Å². The van der Waals surface area contributed by atoms with E-state index < -0.39 is 26.6 Å². The normalized spacial score (nSPS) is 11.8. The molecule has 0 saturated heterocycles.